The van der Waals surface area contributed by atoms with E-state index >= 15 is 0 Å². The fourth-order valence-corrected chi connectivity index (χ4v) is 0.706. The largest absolute Gasteiger partial charge is 0.341 e. The number of rotatable bonds is 2. The van der Waals surface area contributed by atoms with Gasteiger partial charge in [0.25, 0.3) is 0 Å². The normalized spacial score (nSPS) is 10.8. The van der Waals surface area contributed by atoms with Gasteiger partial charge < -0.3 is 16.0 Å². The highest BCUT2D eigenvalue weighted by atomic mass is 16.2. The van der Waals surface area contributed by atoms with Crippen molar-refractivity contribution in [2.45, 2.75) is 26.8 Å². The number of nitrogens with two attached hydrogens (primary N) is 1. The van der Waals surface area contributed by atoms with Crippen LogP contribution in [0.2, 0.25) is 0 Å². The van der Waals surface area contributed by atoms with Crippen molar-refractivity contribution in [3.8, 4) is 0 Å². The fourth-order valence-electron chi connectivity index (χ4n) is 0.706. The number of hydrogen-bond acceptors (Lipinski definition) is 2. The third kappa shape index (κ3) is 7.34. The van der Waals surface area contributed by atoms with E-state index in [1.165, 1.54) is 0 Å². The number of nitrogens with zero attached hydrogens (tertiary/aromatic N) is 1. The van der Waals surface area contributed by atoms with Crippen LogP contribution < -0.4 is 11.1 Å². The number of nitrogens with one attached hydrogen (secondary N) is 1. The molecule has 0 fully saturated rings. The smallest absolute Gasteiger partial charge is 0.316 e. The molecule has 2 amide bonds. The molecule has 0 aromatic carbocycles. The quantitative estimate of drug-likeness (QED) is 0.646. The first kappa shape index (κ1) is 13.8. The van der Waals surface area contributed by atoms with Crippen molar-refractivity contribution in [3.05, 3.63) is 0 Å². The number of likely N-dealkylation sites (N-methyl/N-ethyl adjacent to an activating group) is 1. The van der Waals surface area contributed by atoms with Gasteiger partial charge in [-0.3, -0.25) is 0 Å². The van der Waals surface area contributed by atoms with Crippen molar-refractivity contribution in [1.82, 2.24) is 10.2 Å². The van der Waals surface area contributed by atoms with E-state index in [2.05, 4.69) is 5.32 Å². The Morgan fingerprint density at radius 2 is 2.00 bits per heavy atom. The maximum Gasteiger partial charge on any atom is 0.316 e. The van der Waals surface area contributed by atoms with Crippen LogP contribution >= 0.6 is 0 Å². The Balaban J connectivity index is 0. The van der Waals surface area contributed by atoms with Gasteiger partial charge in [-0.1, -0.05) is 13.8 Å². The maximum absolute atomic E-state index is 10.8. The lowest BCUT2D eigenvalue weighted by Crippen LogP contribution is -2.41. The molecular formula is C8H21N3O. The zero-order valence-electron chi connectivity index (χ0n) is 8.72. The van der Waals surface area contributed by atoms with Crippen LogP contribution in [0, 0.1) is 0 Å². The van der Waals surface area contributed by atoms with E-state index in [9.17, 15) is 4.79 Å². The number of amides is 2. The molecule has 1 atom stereocenters. The van der Waals surface area contributed by atoms with Crippen molar-refractivity contribution >= 4 is 6.03 Å². The first-order chi connectivity index (χ1) is 5.57. The summed E-state index contributed by atoms with van der Waals surface area (Å²) in [4.78, 5) is 12.4. The summed E-state index contributed by atoms with van der Waals surface area (Å²) in [5.74, 6) is 0. The van der Waals surface area contributed by atoms with Crippen molar-refractivity contribution in [3.63, 3.8) is 0 Å². The summed E-state index contributed by atoms with van der Waals surface area (Å²) in [7, 11) is 3.31. The lowest BCUT2D eigenvalue weighted by molar-refractivity contribution is 0.209. The zero-order valence-corrected chi connectivity index (χ0v) is 8.72. The molecule has 12 heavy (non-hydrogen) atoms. The molecule has 0 aromatic rings. The van der Waals surface area contributed by atoms with Gasteiger partial charge in [0.1, 0.15) is 0 Å². The highest BCUT2D eigenvalue weighted by molar-refractivity contribution is 5.73. The van der Waals surface area contributed by atoms with Crippen LogP contribution in [0.4, 0.5) is 4.79 Å². The second-order valence-electron chi connectivity index (χ2n) is 2.41. The zero-order chi connectivity index (χ0) is 10.1. The second-order valence-corrected chi connectivity index (χ2v) is 2.41. The van der Waals surface area contributed by atoms with Gasteiger partial charge >= 0.3 is 6.03 Å². The van der Waals surface area contributed by atoms with Gasteiger partial charge in [0, 0.05) is 26.7 Å². The third-order valence-corrected chi connectivity index (χ3v) is 1.12. The Morgan fingerprint density at radius 3 is 2.25 bits per heavy atom. The molecule has 0 bridgehead atoms. The minimum absolute atomic E-state index is 0.0299. The number of urea groups is 1. The van der Waals surface area contributed by atoms with Gasteiger partial charge in [0.05, 0.1) is 0 Å². The van der Waals surface area contributed by atoms with E-state index in [0.29, 0.717) is 6.54 Å². The van der Waals surface area contributed by atoms with Crippen LogP contribution in [0.1, 0.15) is 20.8 Å². The molecule has 1 unspecified atom stereocenters. The molecule has 0 saturated heterocycles. The van der Waals surface area contributed by atoms with Gasteiger partial charge in [-0.25, -0.2) is 4.79 Å². The average Bonchev–Trinajstić information content (AvgIpc) is 2.05. The van der Waals surface area contributed by atoms with Crippen LogP contribution in [0.25, 0.3) is 0 Å². The summed E-state index contributed by atoms with van der Waals surface area (Å²) in [5, 5.41) is 2.50. The molecule has 0 aliphatic carbocycles. The molecule has 4 nitrogen and oxygen atoms in total. The number of hydrogen-bond donors (Lipinski definition) is 2. The van der Waals surface area contributed by atoms with Gasteiger partial charge in [0.2, 0.25) is 0 Å². The molecule has 3 N–H and O–H groups in total. The van der Waals surface area contributed by atoms with Crippen molar-refractivity contribution in [1.29, 1.82) is 0 Å². The van der Waals surface area contributed by atoms with Gasteiger partial charge in [0.15, 0.2) is 0 Å². The van der Waals surface area contributed by atoms with E-state index in [-0.39, 0.29) is 12.1 Å². The fraction of sp³-hybridized carbons (Fsp3) is 0.875. The van der Waals surface area contributed by atoms with Gasteiger partial charge in [-0.05, 0) is 6.92 Å². The second kappa shape index (κ2) is 8.33. The molecule has 0 spiro atoms. The Morgan fingerprint density at radius 1 is 1.58 bits per heavy atom. The minimum atomic E-state index is -0.0997. The lowest BCUT2D eigenvalue weighted by atomic mass is 10.3. The van der Waals surface area contributed by atoms with E-state index < -0.39 is 0 Å². The number of carbonyl (C=O) groups excluding carboxylic acids is 1. The molecule has 0 aliphatic heterocycles. The Kier molecular flexibility index (Phi) is 9.57. The maximum atomic E-state index is 10.8. The van der Waals surface area contributed by atoms with Gasteiger partial charge in [-0.15, -0.1) is 0 Å². The summed E-state index contributed by atoms with van der Waals surface area (Å²) in [5.41, 5.74) is 5.46. The predicted molar refractivity (Wildman–Crippen MR) is 52.1 cm³/mol. The summed E-state index contributed by atoms with van der Waals surface area (Å²) < 4.78 is 0. The topological polar surface area (TPSA) is 58.4 Å². The van der Waals surface area contributed by atoms with E-state index in [0.717, 1.165) is 0 Å². The molecule has 0 rings (SSSR count). The molecule has 0 aliphatic rings. The summed E-state index contributed by atoms with van der Waals surface area (Å²) in [6.45, 7) is 6.44. The Labute approximate surface area is 75.1 Å². The van der Waals surface area contributed by atoms with Crippen LogP contribution in [0.15, 0.2) is 0 Å². The molecule has 0 aromatic heterocycles. The lowest BCUT2D eigenvalue weighted by Gasteiger charge is -2.18. The standard InChI is InChI=1S/C6H15N3O.C2H6/c1-5(7)4-9(3)6(10)8-2;1-2/h5H,4,7H2,1-3H3,(H,8,10);1-2H3. The molecule has 0 saturated carbocycles. The van der Waals surface area contributed by atoms with Crippen LogP contribution in [-0.4, -0.2) is 37.6 Å². The molecule has 74 valence electrons. The van der Waals surface area contributed by atoms with Crippen LogP contribution in [-0.2, 0) is 0 Å². The van der Waals surface area contributed by atoms with Crippen LogP contribution in [0.5, 0.6) is 0 Å². The number of carbonyl (C=O) groups is 1. The Hall–Kier alpha value is -0.770. The van der Waals surface area contributed by atoms with Crippen LogP contribution in [0.3, 0.4) is 0 Å². The average molecular weight is 175 g/mol. The summed E-state index contributed by atoms with van der Waals surface area (Å²) in [6.07, 6.45) is 0. The highest BCUT2D eigenvalue weighted by Crippen LogP contribution is 1.85. The SMILES string of the molecule is CC.CNC(=O)N(C)CC(C)N. The van der Waals surface area contributed by atoms with E-state index in [4.69, 9.17) is 5.73 Å². The van der Waals surface area contributed by atoms with Crippen molar-refractivity contribution in [2.75, 3.05) is 20.6 Å². The summed E-state index contributed by atoms with van der Waals surface area (Å²) >= 11 is 0. The highest BCUT2D eigenvalue weighted by Gasteiger charge is 2.06. The first-order valence-electron chi connectivity index (χ1n) is 4.26. The van der Waals surface area contributed by atoms with Gasteiger partial charge in [-0.2, -0.15) is 0 Å². The summed E-state index contributed by atoms with van der Waals surface area (Å²) in [6, 6.07) is -0.0698. The minimum Gasteiger partial charge on any atom is -0.341 e. The molecule has 0 heterocycles. The molecule has 0 radical (unpaired) electrons. The van der Waals surface area contributed by atoms with E-state index in [1.54, 1.807) is 19.0 Å². The predicted octanol–water partition coefficient (Wildman–Crippen LogP) is 0.631. The van der Waals surface area contributed by atoms with E-state index in [1.807, 2.05) is 20.8 Å². The monoisotopic (exact) mass is 175 g/mol. The van der Waals surface area contributed by atoms with Crippen molar-refractivity contribution < 1.29 is 4.79 Å². The van der Waals surface area contributed by atoms with Crippen molar-refractivity contribution in [2.24, 2.45) is 5.73 Å². The molecule has 4 heteroatoms. The first-order valence-corrected chi connectivity index (χ1v) is 4.26. The Bertz CT molecular complexity index is 115. The third-order valence-electron chi connectivity index (χ3n) is 1.12. The molecular weight excluding hydrogens is 154 g/mol.